The number of nitrogen functional groups attached to an aromatic ring is 1. The SMILES string of the molecule is Nc1cc(C(=O)OCC(=O)NCCc2ccc(S(N)(=O)=O)cc2)ccc1Cl. The van der Waals surface area contributed by atoms with Crippen molar-refractivity contribution in [1.29, 1.82) is 0 Å². The number of hydrogen-bond donors (Lipinski definition) is 3. The summed E-state index contributed by atoms with van der Waals surface area (Å²) in [5.74, 6) is -1.15. The number of carbonyl (C=O) groups excluding carboxylic acids is 2. The molecule has 2 aromatic carbocycles. The summed E-state index contributed by atoms with van der Waals surface area (Å²) < 4.78 is 27.3. The highest BCUT2D eigenvalue weighted by Gasteiger charge is 2.11. The van der Waals surface area contributed by atoms with Crippen LogP contribution in [0.4, 0.5) is 5.69 Å². The molecule has 2 rings (SSSR count). The zero-order valence-electron chi connectivity index (χ0n) is 14.1. The summed E-state index contributed by atoms with van der Waals surface area (Å²) in [5, 5.41) is 7.94. The number of primary sulfonamides is 1. The molecule has 10 heteroatoms. The van der Waals surface area contributed by atoms with Crippen LogP contribution < -0.4 is 16.2 Å². The molecule has 0 radical (unpaired) electrons. The van der Waals surface area contributed by atoms with Crippen molar-refractivity contribution < 1.29 is 22.7 Å². The number of anilines is 1. The fourth-order valence-corrected chi connectivity index (χ4v) is 2.76. The van der Waals surface area contributed by atoms with Gasteiger partial charge in [0.15, 0.2) is 6.61 Å². The van der Waals surface area contributed by atoms with Gasteiger partial charge in [-0.15, -0.1) is 0 Å². The number of amides is 1. The largest absolute Gasteiger partial charge is 0.452 e. The Bertz CT molecular complexity index is 946. The first-order valence-electron chi connectivity index (χ1n) is 7.77. The first-order valence-corrected chi connectivity index (χ1v) is 9.70. The second-order valence-corrected chi connectivity index (χ2v) is 7.57. The number of halogens is 1. The lowest BCUT2D eigenvalue weighted by atomic mass is 10.1. The van der Waals surface area contributed by atoms with Crippen molar-refractivity contribution in [2.45, 2.75) is 11.3 Å². The van der Waals surface area contributed by atoms with Gasteiger partial charge in [0.05, 0.1) is 21.2 Å². The molecule has 1 amide bonds. The third-order valence-electron chi connectivity index (χ3n) is 3.55. The molecule has 5 N–H and O–H groups in total. The molecule has 0 aliphatic rings. The molecular weight excluding hydrogens is 394 g/mol. The Kier molecular flexibility index (Phi) is 6.78. The summed E-state index contributed by atoms with van der Waals surface area (Å²) in [6.45, 7) is -0.148. The van der Waals surface area contributed by atoms with Crippen molar-refractivity contribution in [2.75, 3.05) is 18.9 Å². The van der Waals surface area contributed by atoms with Crippen LogP contribution in [0.2, 0.25) is 5.02 Å². The molecule has 0 aliphatic heterocycles. The molecule has 0 saturated heterocycles. The summed E-state index contributed by atoms with van der Waals surface area (Å²) in [7, 11) is -3.73. The molecule has 0 bridgehead atoms. The zero-order valence-corrected chi connectivity index (χ0v) is 15.7. The van der Waals surface area contributed by atoms with Gasteiger partial charge in [-0.05, 0) is 42.3 Å². The fourth-order valence-electron chi connectivity index (χ4n) is 2.13. The van der Waals surface area contributed by atoms with Crippen LogP contribution in [-0.4, -0.2) is 33.4 Å². The van der Waals surface area contributed by atoms with Gasteiger partial charge in [0.25, 0.3) is 5.91 Å². The van der Waals surface area contributed by atoms with Gasteiger partial charge >= 0.3 is 5.97 Å². The third-order valence-corrected chi connectivity index (χ3v) is 4.83. The topological polar surface area (TPSA) is 142 Å². The van der Waals surface area contributed by atoms with E-state index >= 15 is 0 Å². The second-order valence-electron chi connectivity index (χ2n) is 5.60. The van der Waals surface area contributed by atoms with E-state index in [4.69, 9.17) is 27.2 Å². The van der Waals surface area contributed by atoms with E-state index in [0.29, 0.717) is 18.0 Å². The average Bonchev–Trinajstić information content (AvgIpc) is 2.61. The molecule has 2 aromatic rings. The van der Waals surface area contributed by atoms with Crippen LogP contribution in [0.5, 0.6) is 0 Å². The maximum absolute atomic E-state index is 11.9. The van der Waals surface area contributed by atoms with Crippen LogP contribution in [0.15, 0.2) is 47.4 Å². The van der Waals surface area contributed by atoms with Crippen LogP contribution in [0.1, 0.15) is 15.9 Å². The van der Waals surface area contributed by atoms with Crippen molar-refractivity contribution >= 4 is 39.2 Å². The summed E-state index contributed by atoms with van der Waals surface area (Å²) in [4.78, 5) is 23.6. The Morgan fingerprint density at radius 1 is 1.11 bits per heavy atom. The molecule has 0 unspecified atom stereocenters. The number of rotatable bonds is 7. The Hall–Kier alpha value is -2.62. The lowest BCUT2D eigenvalue weighted by Gasteiger charge is -2.08. The maximum Gasteiger partial charge on any atom is 0.338 e. The Labute approximate surface area is 161 Å². The molecule has 0 heterocycles. The zero-order chi connectivity index (χ0) is 20.0. The van der Waals surface area contributed by atoms with Gasteiger partial charge in [0.2, 0.25) is 10.0 Å². The Morgan fingerprint density at radius 3 is 2.37 bits per heavy atom. The van der Waals surface area contributed by atoms with Gasteiger partial charge in [-0.3, -0.25) is 4.79 Å². The normalized spacial score (nSPS) is 11.0. The molecule has 27 heavy (non-hydrogen) atoms. The maximum atomic E-state index is 11.9. The first-order chi connectivity index (χ1) is 12.7. The summed E-state index contributed by atoms with van der Waals surface area (Å²) in [6.07, 6.45) is 0.471. The van der Waals surface area contributed by atoms with Gasteiger partial charge in [0.1, 0.15) is 0 Å². The highest BCUT2D eigenvalue weighted by atomic mass is 35.5. The predicted octanol–water partition coefficient (Wildman–Crippen LogP) is 1.09. The number of hydrogen-bond acceptors (Lipinski definition) is 6. The monoisotopic (exact) mass is 411 g/mol. The number of sulfonamides is 1. The third kappa shape index (κ3) is 6.24. The number of carbonyl (C=O) groups is 2. The quantitative estimate of drug-likeness (QED) is 0.459. The lowest BCUT2D eigenvalue weighted by molar-refractivity contribution is -0.124. The van der Waals surface area contributed by atoms with Crippen LogP contribution in [0.25, 0.3) is 0 Å². The average molecular weight is 412 g/mol. The molecule has 0 saturated carbocycles. The summed E-state index contributed by atoms with van der Waals surface area (Å²) in [5.41, 5.74) is 6.86. The van der Waals surface area contributed by atoms with E-state index in [0.717, 1.165) is 5.56 Å². The number of ether oxygens (including phenoxy) is 1. The predicted molar refractivity (Wildman–Crippen MR) is 101 cm³/mol. The van der Waals surface area contributed by atoms with Gasteiger partial charge < -0.3 is 15.8 Å². The molecule has 0 spiro atoms. The minimum Gasteiger partial charge on any atom is -0.452 e. The van der Waals surface area contributed by atoms with E-state index in [2.05, 4.69) is 5.32 Å². The Morgan fingerprint density at radius 2 is 1.78 bits per heavy atom. The first kappa shape index (κ1) is 20.7. The lowest BCUT2D eigenvalue weighted by Crippen LogP contribution is -2.30. The van der Waals surface area contributed by atoms with Crippen molar-refractivity contribution in [3.8, 4) is 0 Å². The van der Waals surface area contributed by atoms with Crippen LogP contribution >= 0.6 is 11.6 Å². The van der Waals surface area contributed by atoms with Crippen LogP contribution in [-0.2, 0) is 26.0 Å². The van der Waals surface area contributed by atoms with Crippen molar-refractivity contribution in [2.24, 2.45) is 5.14 Å². The molecule has 144 valence electrons. The molecule has 0 fully saturated rings. The van der Waals surface area contributed by atoms with E-state index in [1.165, 1.54) is 30.3 Å². The minimum atomic E-state index is -3.73. The molecular formula is C17H18ClN3O5S. The summed E-state index contributed by atoms with van der Waals surface area (Å²) >= 11 is 5.77. The van der Waals surface area contributed by atoms with E-state index in [9.17, 15) is 18.0 Å². The van der Waals surface area contributed by atoms with E-state index in [1.54, 1.807) is 12.1 Å². The molecule has 0 aromatic heterocycles. The molecule has 0 atom stereocenters. The fraction of sp³-hybridized carbons (Fsp3) is 0.176. The highest BCUT2D eigenvalue weighted by Crippen LogP contribution is 2.19. The van der Waals surface area contributed by atoms with Crippen molar-refractivity contribution in [3.63, 3.8) is 0 Å². The highest BCUT2D eigenvalue weighted by molar-refractivity contribution is 7.89. The van der Waals surface area contributed by atoms with E-state index in [-0.39, 0.29) is 16.1 Å². The smallest absolute Gasteiger partial charge is 0.338 e. The second kappa shape index (κ2) is 8.85. The van der Waals surface area contributed by atoms with Gasteiger partial charge in [-0.2, -0.15) is 0 Å². The van der Waals surface area contributed by atoms with E-state index in [1.807, 2.05) is 0 Å². The van der Waals surface area contributed by atoms with E-state index < -0.39 is 28.5 Å². The summed E-state index contributed by atoms with van der Waals surface area (Å²) in [6, 6.07) is 10.3. The number of esters is 1. The molecule has 0 aliphatic carbocycles. The number of nitrogens with one attached hydrogen (secondary N) is 1. The van der Waals surface area contributed by atoms with Crippen molar-refractivity contribution in [1.82, 2.24) is 5.32 Å². The van der Waals surface area contributed by atoms with Crippen molar-refractivity contribution in [3.05, 3.63) is 58.6 Å². The standard InChI is InChI=1S/C17H18ClN3O5S/c18-14-6-3-12(9-15(14)19)17(23)26-10-16(22)21-8-7-11-1-4-13(5-2-11)27(20,24)25/h1-6,9H,7-8,10,19H2,(H,21,22)(H2,20,24,25). The molecule has 8 nitrogen and oxygen atoms in total. The van der Waals surface area contributed by atoms with Gasteiger partial charge in [0, 0.05) is 6.54 Å². The minimum absolute atomic E-state index is 0.0186. The van der Waals surface area contributed by atoms with Gasteiger partial charge in [-0.1, -0.05) is 23.7 Å². The van der Waals surface area contributed by atoms with Crippen LogP contribution in [0, 0.1) is 0 Å². The number of benzene rings is 2. The Balaban J connectivity index is 1.76. The van der Waals surface area contributed by atoms with Gasteiger partial charge in [-0.25, -0.2) is 18.4 Å². The van der Waals surface area contributed by atoms with Crippen LogP contribution in [0.3, 0.4) is 0 Å². The number of nitrogens with two attached hydrogens (primary N) is 2.